The first-order valence-corrected chi connectivity index (χ1v) is 11.0. The van der Waals surface area contributed by atoms with E-state index in [1.807, 2.05) is 18.2 Å². The first-order valence-electron chi connectivity index (χ1n) is 7.52. The first kappa shape index (κ1) is 15.1. The molecule has 0 bridgehead atoms. The molecule has 0 saturated carbocycles. The van der Waals surface area contributed by atoms with Gasteiger partial charge in [-0.25, -0.2) is 0 Å². The van der Waals surface area contributed by atoms with Gasteiger partial charge in [0.1, 0.15) is 0 Å². The van der Waals surface area contributed by atoms with E-state index in [-0.39, 0.29) is 12.2 Å². The number of carbonyl (C=O) groups excluding carboxylic acids is 1. The number of cyclic esters (lactones) is 1. The summed E-state index contributed by atoms with van der Waals surface area (Å²) in [6.45, 7) is 6.89. The Bertz CT molecular complexity index is 442. The molecule has 0 aliphatic carbocycles. The quantitative estimate of drug-likeness (QED) is 0.618. The van der Waals surface area contributed by atoms with Crippen molar-refractivity contribution in [3.8, 4) is 0 Å². The van der Waals surface area contributed by atoms with Crippen LogP contribution in [0.3, 0.4) is 0 Å². The molecule has 1 aromatic carbocycles. The highest BCUT2D eigenvalue weighted by atomic mass is 28.3. The van der Waals surface area contributed by atoms with Crippen LogP contribution in [0.1, 0.15) is 32.1 Å². The Kier molecular flexibility index (Phi) is 4.86. The summed E-state index contributed by atoms with van der Waals surface area (Å²) < 4.78 is 8.13. The van der Waals surface area contributed by atoms with Gasteiger partial charge in [-0.05, 0) is 25.0 Å². The van der Waals surface area contributed by atoms with Crippen LogP contribution in [0.4, 0.5) is 5.69 Å². The van der Waals surface area contributed by atoms with Crippen LogP contribution in [-0.4, -0.2) is 20.4 Å². The van der Waals surface area contributed by atoms with Crippen LogP contribution >= 0.6 is 0 Å². The molecular formula is C16H25NO2Si. The molecule has 1 heterocycles. The van der Waals surface area contributed by atoms with Gasteiger partial charge in [-0.3, -0.25) is 4.79 Å². The lowest BCUT2D eigenvalue weighted by molar-refractivity contribution is -0.149. The van der Waals surface area contributed by atoms with Gasteiger partial charge in [0.2, 0.25) is 0 Å². The Balaban J connectivity index is 2.28. The highest BCUT2D eigenvalue weighted by molar-refractivity contribution is 6.79. The smallest absolute Gasteiger partial charge is 0.307 e. The molecule has 1 saturated heterocycles. The van der Waals surface area contributed by atoms with Gasteiger partial charge in [-0.15, -0.1) is 0 Å². The average molecular weight is 291 g/mol. The summed E-state index contributed by atoms with van der Waals surface area (Å²) in [6, 6.07) is 10.4. The van der Waals surface area contributed by atoms with Crippen LogP contribution in [0.15, 0.2) is 30.3 Å². The molecule has 4 heteroatoms. The highest BCUT2D eigenvalue weighted by Crippen LogP contribution is 2.28. The van der Waals surface area contributed by atoms with Crippen molar-refractivity contribution in [2.45, 2.75) is 58.0 Å². The number of anilines is 1. The van der Waals surface area contributed by atoms with Gasteiger partial charge in [-0.1, -0.05) is 44.3 Å². The first-order chi connectivity index (χ1) is 9.48. The Morgan fingerprint density at radius 2 is 1.80 bits per heavy atom. The second-order valence-electron chi connectivity index (χ2n) is 6.42. The Hall–Kier alpha value is -1.29. The van der Waals surface area contributed by atoms with E-state index >= 15 is 0 Å². The van der Waals surface area contributed by atoms with Crippen molar-refractivity contribution in [3.63, 3.8) is 0 Å². The standard InChI is InChI=1S/C16H25NO2Si/c1-20(2,3)17(14-10-6-4-7-11-14)15-12-8-5-9-13-16(18)19-15/h4,6-7,10-11,15H,5,8-9,12-13H2,1-3H3. The van der Waals surface area contributed by atoms with E-state index < -0.39 is 8.24 Å². The highest BCUT2D eigenvalue weighted by Gasteiger charge is 2.33. The monoisotopic (exact) mass is 291 g/mol. The summed E-state index contributed by atoms with van der Waals surface area (Å²) in [5.41, 5.74) is 1.17. The lowest BCUT2D eigenvalue weighted by Gasteiger charge is -2.42. The van der Waals surface area contributed by atoms with Crippen LogP contribution < -0.4 is 4.57 Å². The molecular weight excluding hydrogens is 266 g/mol. The molecule has 0 aromatic heterocycles. The Morgan fingerprint density at radius 3 is 2.45 bits per heavy atom. The lowest BCUT2D eigenvalue weighted by atomic mass is 10.1. The van der Waals surface area contributed by atoms with Crippen molar-refractivity contribution < 1.29 is 9.53 Å². The Morgan fingerprint density at radius 1 is 1.10 bits per heavy atom. The number of hydrogen-bond acceptors (Lipinski definition) is 3. The minimum Gasteiger partial charge on any atom is -0.442 e. The van der Waals surface area contributed by atoms with Crippen LogP contribution in [0, 0.1) is 0 Å². The normalized spacial score (nSPS) is 20.8. The molecule has 0 spiro atoms. The summed E-state index contributed by atoms with van der Waals surface area (Å²) in [7, 11) is -1.63. The number of ether oxygens (including phenoxy) is 1. The maximum Gasteiger partial charge on any atom is 0.307 e. The lowest BCUT2D eigenvalue weighted by Crippen LogP contribution is -2.54. The van der Waals surface area contributed by atoms with Crippen molar-refractivity contribution in [2.24, 2.45) is 0 Å². The number of benzene rings is 1. The number of rotatable bonds is 3. The topological polar surface area (TPSA) is 29.5 Å². The third-order valence-electron chi connectivity index (χ3n) is 3.64. The molecule has 1 fully saturated rings. The fraction of sp³-hybridized carbons (Fsp3) is 0.562. The number of esters is 1. The van der Waals surface area contributed by atoms with Gasteiger partial charge >= 0.3 is 5.97 Å². The van der Waals surface area contributed by atoms with Gasteiger partial charge in [0.05, 0.1) is 0 Å². The average Bonchev–Trinajstić information content (AvgIpc) is 2.35. The zero-order chi connectivity index (χ0) is 14.6. The fourth-order valence-corrected chi connectivity index (χ4v) is 4.76. The summed E-state index contributed by atoms with van der Waals surface area (Å²) in [4.78, 5) is 11.9. The fourth-order valence-electron chi connectivity index (χ4n) is 2.79. The SMILES string of the molecule is C[Si](C)(C)N(c1ccccc1)C1CCCCCC(=O)O1. The molecule has 1 aliphatic heterocycles. The van der Waals surface area contributed by atoms with Crippen molar-refractivity contribution >= 4 is 19.9 Å². The van der Waals surface area contributed by atoms with E-state index in [2.05, 4.69) is 36.3 Å². The minimum absolute atomic E-state index is 0.0473. The summed E-state index contributed by atoms with van der Waals surface area (Å²) in [5.74, 6) is -0.0473. The van der Waals surface area contributed by atoms with Crippen LogP contribution in [-0.2, 0) is 9.53 Å². The summed E-state index contributed by atoms with van der Waals surface area (Å²) >= 11 is 0. The molecule has 0 amide bonds. The maximum absolute atomic E-state index is 11.9. The van der Waals surface area contributed by atoms with Gasteiger partial charge in [0, 0.05) is 18.5 Å². The zero-order valence-corrected chi connectivity index (χ0v) is 13.8. The number of para-hydroxylation sites is 1. The molecule has 20 heavy (non-hydrogen) atoms. The van der Waals surface area contributed by atoms with E-state index in [1.54, 1.807) is 0 Å². The molecule has 110 valence electrons. The van der Waals surface area contributed by atoms with Gasteiger partial charge in [-0.2, -0.15) is 0 Å². The van der Waals surface area contributed by atoms with Crippen LogP contribution in [0.25, 0.3) is 0 Å². The van der Waals surface area contributed by atoms with E-state index in [0.29, 0.717) is 6.42 Å². The molecule has 0 N–H and O–H groups in total. The van der Waals surface area contributed by atoms with Gasteiger partial charge in [0.15, 0.2) is 14.5 Å². The predicted octanol–water partition coefficient (Wildman–Crippen LogP) is 4.16. The minimum atomic E-state index is -1.63. The van der Waals surface area contributed by atoms with E-state index in [1.165, 1.54) is 5.69 Å². The molecule has 1 atom stereocenters. The predicted molar refractivity (Wildman–Crippen MR) is 85.2 cm³/mol. The number of hydrogen-bond donors (Lipinski definition) is 0. The van der Waals surface area contributed by atoms with Gasteiger partial charge < -0.3 is 9.30 Å². The van der Waals surface area contributed by atoms with Crippen LogP contribution in [0.5, 0.6) is 0 Å². The van der Waals surface area contributed by atoms with Crippen molar-refractivity contribution in [1.29, 1.82) is 0 Å². The molecule has 1 aromatic rings. The number of carbonyl (C=O) groups is 1. The number of nitrogens with zero attached hydrogens (tertiary/aromatic N) is 1. The summed E-state index contributed by atoms with van der Waals surface area (Å²) in [5, 5.41) is 0. The van der Waals surface area contributed by atoms with E-state index in [0.717, 1.165) is 25.7 Å². The van der Waals surface area contributed by atoms with E-state index in [4.69, 9.17) is 4.74 Å². The maximum atomic E-state index is 11.9. The molecule has 1 unspecified atom stereocenters. The molecule has 0 radical (unpaired) electrons. The molecule has 2 rings (SSSR count). The van der Waals surface area contributed by atoms with Crippen LogP contribution in [0.2, 0.25) is 19.6 Å². The largest absolute Gasteiger partial charge is 0.442 e. The third-order valence-corrected chi connectivity index (χ3v) is 5.64. The van der Waals surface area contributed by atoms with Crippen molar-refractivity contribution in [3.05, 3.63) is 30.3 Å². The zero-order valence-electron chi connectivity index (χ0n) is 12.8. The van der Waals surface area contributed by atoms with Crippen molar-refractivity contribution in [1.82, 2.24) is 0 Å². The third kappa shape index (κ3) is 3.85. The molecule has 3 nitrogen and oxygen atoms in total. The molecule has 1 aliphatic rings. The Labute approximate surface area is 123 Å². The van der Waals surface area contributed by atoms with E-state index in [9.17, 15) is 4.79 Å². The second kappa shape index (κ2) is 6.44. The second-order valence-corrected chi connectivity index (χ2v) is 11.2. The van der Waals surface area contributed by atoms with Gasteiger partial charge in [0.25, 0.3) is 0 Å². The van der Waals surface area contributed by atoms with Crippen molar-refractivity contribution in [2.75, 3.05) is 4.57 Å². The summed E-state index contributed by atoms with van der Waals surface area (Å²) in [6.07, 6.45) is 4.61.